The zero-order valence-electron chi connectivity index (χ0n) is 13.9. The van der Waals surface area contributed by atoms with Gasteiger partial charge in [-0.3, -0.25) is 14.9 Å². The van der Waals surface area contributed by atoms with Crippen LogP contribution in [0, 0.1) is 5.92 Å². The van der Waals surface area contributed by atoms with E-state index < -0.39 is 23.9 Å². The van der Waals surface area contributed by atoms with Crippen molar-refractivity contribution in [2.24, 2.45) is 5.92 Å². The number of carboxylic acids is 2. The lowest BCUT2D eigenvalue weighted by molar-refractivity contribution is -0.154. The van der Waals surface area contributed by atoms with E-state index in [1.54, 1.807) is 48.5 Å². The van der Waals surface area contributed by atoms with Crippen LogP contribution < -0.4 is 5.32 Å². The van der Waals surface area contributed by atoms with E-state index in [1.807, 2.05) is 6.07 Å². The average molecular weight is 357 g/mol. The van der Waals surface area contributed by atoms with E-state index >= 15 is 0 Å². The van der Waals surface area contributed by atoms with Gasteiger partial charge in [-0.05, 0) is 29.7 Å². The second-order valence-electron chi connectivity index (χ2n) is 5.63. The van der Waals surface area contributed by atoms with E-state index in [0.29, 0.717) is 17.7 Å². The molecule has 0 heterocycles. The maximum atomic E-state index is 11.7. The minimum atomic E-state index is -1.49. The van der Waals surface area contributed by atoms with Crippen LogP contribution in [0.2, 0.25) is 0 Å². The van der Waals surface area contributed by atoms with Crippen molar-refractivity contribution < 1.29 is 29.3 Å². The summed E-state index contributed by atoms with van der Waals surface area (Å²) in [6.07, 6.45) is -0.237. The van der Waals surface area contributed by atoms with Crippen molar-refractivity contribution in [2.75, 3.05) is 11.9 Å². The summed E-state index contributed by atoms with van der Waals surface area (Å²) < 4.78 is 5.11. The quantitative estimate of drug-likeness (QED) is 0.626. The van der Waals surface area contributed by atoms with E-state index in [0.717, 1.165) is 5.56 Å². The van der Waals surface area contributed by atoms with E-state index in [4.69, 9.17) is 14.9 Å². The lowest BCUT2D eigenvalue weighted by Crippen LogP contribution is -2.25. The summed E-state index contributed by atoms with van der Waals surface area (Å²) in [5, 5.41) is 20.5. The Labute approximate surface area is 150 Å². The molecular weight excluding hydrogens is 338 g/mol. The standard InChI is InChI=1S/C19H19NO6/c21-17(22)16(18(23)24)12-14-6-4-5-13(11-14)9-10-26-19(25)20-15-7-2-1-3-8-15/h1-8,11,16H,9-10,12H2,(H,20,25)(H,21,22)(H,23,24). The van der Waals surface area contributed by atoms with Gasteiger partial charge in [0.1, 0.15) is 0 Å². The third-order valence-corrected chi connectivity index (χ3v) is 3.67. The number of ether oxygens (including phenoxy) is 1. The first kappa shape index (κ1) is 19.0. The van der Waals surface area contributed by atoms with Crippen LogP contribution in [0.1, 0.15) is 11.1 Å². The number of benzene rings is 2. The number of hydrogen-bond acceptors (Lipinski definition) is 4. The molecule has 0 spiro atoms. The van der Waals surface area contributed by atoms with Crippen LogP contribution in [0.3, 0.4) is 0 Å². The first-order chi connectivity index (χ1) is 12.5. The molecule has 2 rings (SSSR count). The van der Waals surface area contributed by atoms with Gasteiger partial charge in [-0.2, -0.15) is 0 Å². The average Bonchev–Trinajstić information content (AvgIpc) is 2.60. The number of hydrogen-bond donors (Lipinski definition) is 3. The van der Waals surface area contributed by atoms with Crippen molar-refractivity contribution >= 4 is 23.7 Å². The van der Waals surface area contributed by atoms with Crippen molar-refractivity contribution in [1.29, 1.82) is 0 Å². The van der Waals surface area contributed by atoms with Crippen molar-refractivity contribution in [2.45, 2.75) is 12.8 Å². The van der Waals surface area contributed by atoms with Gasteiger partial charge in [-0.15, -0.1) is 0 Å². The Balaban J connectivity index is 1.85. The Kier molecular flexibility index (Phi) is 6.73. The Morgan fingerprint density at radius 1 is 0.923 bits per heavy atom. The van der Waals surface area contributed by atoms with E-state index in [2.05, 4.69) is 5.32 Å². The highest BCUT2D eigenvalue weighted by molar-refractivity contribution is 5.93. The minimum Gasteiger partial charge on any atom is -0.481 e. The molecule has 0 saturated carbocycles. The molecule has 0 aromatic heterocycles. The number of carbonyl (C=O) groups excluding carboxylic acids is 1. The maximum absolute atomic E-state index is 11.7. The largest absolute Gasteiger partial charge is 0.481 e. The molecule has 0 radical (unpaired) electrons. The second-order valence-corrected chi connectivity index (χ2v) is 5.63. The van der Waals surface area contributed by atoms with Gasteiger partial charge in [0, 0.05) is 12.1 Å². The van der Waals surface area contributed by atoms with Crippen LogP contribution in [0.4, 0.5) is 10.5 Å². The Bertz CT molecular complexity index is 761. The van der Waals surface area contributed by atoms with E-state index in [9.17, 15) is 14.4 Å². The molecule has 0 aliphatic heterocycles. The Morgan fingerprint density at radius 3 is 2.23 bits per heavy atom. The normalized spacial score (nSPS) is 10.3. The number of rotatable bonds is 8. The first-order valence-corrected chi connectivity index (χ1v) is 7.98. The van der Waals surface area contributed by atoms with Gasteiger partial charge < -0.3 is 14.9 Å². The van der Waals surface area contributed by atoms with Gasteiger partial charge >= 0.3 is 18.0 Å². The highest BCUT2D eigenvalue weighted by Gasteiger charge is 2.25. The molecule has 2 aromatic carbocycles. The predicted octanol–water partition coefficient (Wildman–Crippen LogP) is 2.81. The Morgan fingerprint density at radius 2 is 1.58 bits per heavy atom. The molecule has 136 valence electrons. The van der Waals surface area contributed by atoms with Crippen molar-refractivity contribution in [3.05, 3.63) is 65.7 Å². The highest BCUT2D eigenvalue weighted by Crippen LogP contribution is 2.13. The van der Waals surface area contributed by atoms with Crippen molar-refractivity contribution in [1.82, 2.24) is 0 Å². The fourth-order valence-corrected chi connectivity index (χ4v) is 2.37. The third-order valence-electron chi connectivity index (χ3n) is 3.67. The summed E-state index contributed by atoms with van der Waals surface area (Å²) in [6, 6.07) is 15.8. The van der Waals surface area contributed by atoms with E-state index in [-0.39, 0.29) is 13.0 Å². The maximum Gasteiger partial charge on any atom is 0.411 e. The van der Waals surface area contributed by atoms with Gasteiger partial charge in [0.05, 0.1) is 6.61 Å². The first-order valence-electron chi connectivity index (χ1n) is 7.98. The predicted molar refractivity (Wildman–Crippen MR) is 94.0 cm³/mol. The molecule has 0 unspecified atom stereocenters. The summed E-state index contributed by atoms with van der Waals surface area (Å²) >= 11 is 0. The smallest absolute Gasteiger partial charge is 0.411 e. The molecule has 1 amide bonds. The highest BCUT2D eigenvalue weighted by atomic mass is 16.5. The molecule has 3 N–H and O–H groups in total. The molecule has 0 bridgehead atoms. The summed E-state index contributed by atoms with van der Waals surface area (Å²) in [6.45, 7) is 0.142. The number of carboxylic acid groups (broad SMARTS) is 2. The topological polar surface area (TPSA) is 113 Å². The molecule has 7 heteroatoms. The molecular formula is C19H19NO6. The number of amides is 1. The summed E-state index contributed by atoms with van der Waals surface area (Å²) in [7, 11) is 0. The van der Waals surface area contributed by atoms with Gasteiger partial charge in [-0.25, -0.2) is 4.79 Å². The van der Waals surface area contributed by atoms with Gasteiger partial charge in [0.2, 0.25) is 0 Å². The van der Waals surface area contributed by atoms with Crippen LogP contribution in [0.5, 0.6) is 0 Å². The number of nitrogens with one attached hydrogen (secondary N) is 1. The fraction of sp³-hybridized carbons (Fsp3) is 0.211. The zero-order chi connectivity index (χ0) is 18.9. The molecule has 0 aliphatic rings. The van der Waals surface area contributed by atoms with Crippen LogP contribution in [0.15, 0.2) is 54.6 Å². The van der Waals surface area contributed by atoms with Crippen LogP contribution in [-0.4, -0.2) is 34.9 Å². The summed E-state index contributed by atoms with van der Waals surface area (Å²) in [4.78, 5) is 33.7. The monoisotopic (exact) mass is 357 g/mol. The van der Waals surface area contributed by atoms with Crippen molar-refractivity contribution in [3.63, 3.8) is 0 Å². The van der Waals surface area contributed by atoms with Crippen molar-refractivity contribution in [3.8, 4) is 0 Å². The third kappa shape index (κ3) is 5.94. The molecule has 2 aromatic rings. The molecule has 0 saturated heterocycles. The molecule has 0 fully saturated rings. The zero-order valence-corrected chi connectivity index (χ0v) is 13.9. The number of aliphatic carboxylic acids is 2. The molecule has 0 aliphatic carbocycles. The molecule has 7 nitrogen and oxygen atoms in total. The number of anilines is 1. The fourth-order valence-electron chi connectivity index (χ4n) is 2.37. The minimum absolute atomic E-state index is 0.103. The molecule has 26 heavy (non-hydrogen) atoms. The lowest BCUT2D eigenvalue weighted by atomic mass is 9.97. The lowest BCUT2D eigenvalue weighted by Gasteiger charge is -2.10. The van der Waals surface area contributed by atoms with Gasteiger partial charge in [0.15, 0.2) is 5.92 Å². The van der Waals surface area contributed by atoms with Crippen LogP contribution >= 0.6 is 0 Å². The van der Waals surface area contributed by atoms with E-state index in [1.165, 1.54) is 0 Å². The SMILES string of the molecule is O=C(Nc1ccccc1)OCCc1cccc(CC(C(=O)O)C(=O)O)c1. The summed E-state index contributed by atoms with van der Waals surface area (Å²) in [5.41, 5.74) is 2.06. The van der Waals surface area contributed by atoms with Crippen LogP contribution in [0.25, 0.3) is 0 Å². The number of carbonyl (C=O) groups is 3. The molecule has 0 atom stereocenters. The van der Waals surface area contributed by atoms with Gasteiger partial charge in [0.25, 0.3) is 0 Å². The second kappa shape index (κ2) is 9.22. The Hall–Kier alpha value is -3.35. The number of para-hydroxylation sites is 1. The summed E-state index contributed by atoms with van der Waals surface area (Å²) in [5.74, 6) is -4.23. The van der Waals surface area contributed by atoms with Crippen LogP contribution in [-0.2, 0) is 27.2 Å². The van der Waals surface area contributed by atoms with Gasteiger partial charge in [-0.1, -0.05) is 42.5 Å².